The van der Waals surface area contributed by atoms with Crippen molar-refractivity contribution in [1.29, 1.82) is 0 Å². The molecule has 0 spiro atoms. The van der Waals surface area contributed by atoms with Crippen molar-refractivity contribution in [2.75, 3.05) is 13.1 Å². The Morgan fingerprint density at radius 3 is 2.95 bits per heavy atom. The minimum Gasteiger partial charge on any atom is -0.359 e. The molecule has 1 aromatic heterocycles. The third-order valence-corrected chi connectivity index (χ3v) is 4.01. The number of hydrogen-bond donors (Lipinski definition) is 1. The van der Waals surface area contributed by atoms with E-state index in [9.17, 15) is 4.79 Å². The van der Waals surface area contributed by atoms with Crippen molar-refractivity contribution in [1.82, 2.24) is 15.4 Å². The summed E-state index contributed by atoms with van der Waals surface area (Å²) in [5.74, 6) is 0.713. The topological polar surface area (TPSA) is 58.4 Å². The molecule has 1 saturated heterocycles. The number of aromatic nitrogens is 1. The highest BCUT2D eigenvalue weighted by molar-refractivity contribution is 5.74. The second kappa shape index (κ2) is 6.29. The zero-order valence-electron chi connectivity index (χ0n) is 12.7. The maximum absolute atomic E-state index is 12.2. The van der Waals surface area contributed by atoms with Gasteiger partial charge in [0.25, 0.3) is 0 Å². The van der Waals surface area contributed by atoms with Gasteiger partial charge in [0.05, 0.1) is 12.2 Å². The summed E-state index contributed by atoms with van der Waals surface area (Å²) in [6.07, 6.45) is 4.16. The summed E-state index contributed by atoms with van der Waals surface area (Å²) in [5.41, 5.74) is 1.27. The van der Waals surface area contributed by atoms with E-state index in [1.54, 1.807) is 0 Å². The number of aryl methyl sites for hydroxylation is 1. The third kappa shape index (κ3) is 3.99. The van der Waals surface area contributed by atoms with Crippen LogP contribution in [0.25, 0.3) is 0 Å². The highest BCUT2D eigenvalue weighted by Crippen LogP contribution is 2.29. The van der Waals surface area contributed by atoms with Crippen molar-refractivity contribution in [3.8, 4) is 0 Å². The van der Waals surface area contributed by atoms with Gasteiger partial charge in [-0.15, -0.1) is 0 Å². The molecule has 1 aliphatic rings. The standard InChI is InChI=1S/C15H25N3O2/c1-4-12-10-13(20-17-12)11-16-14(19)18-8-5-6-15(2,3)7-9-18/h10H,4-9,11H2,1-3H3,(H,16,19). The maximum Gasteiger partial charge on any atom is 0.317 e. The molecule has 2 heterocycles. The van der Waals surface area contributed by atoms with Crippen LogP contribution < -0.4 is 5.32 Å². The molecule has 0 atom stereocenters. The van der Waals surface area contributed by atoms with Gasteiger partial charge >= 0.3 is 6.03 Å². The van der Waals surface area contributed by atoms with Gasteiger partial charge in [0.1, 0.15) is 0 Å². The van der Waals surface area contributed by atoms with Crippen LogP contribution in [-0.2, 0) is 13.0 Å². The molecule has 1 N–H and O–H groups in total. The van der Waals surface area contributed by atoms with Crippen LogP contribution in [0, 0.1) is 5.41 Å². The van der Waals surface area contributed by atoms with Crippen molar-refractivity contribution >= 4 is 6.03 Å². The number of urea groups is 1. The van der Waals surface area contributed by atoms with Gasteiger partial charge in [-0.05, 0) is 31.1 Å². The number of rotatable bonds is 3. The lowest BCUT2D eigenvalue weighted by molar-refractivity contribution is 0.195. The average molecular weight is 279 g/mol. The molecule has 0 aliphatic carbocycles. The summed E-state index contributed by atoms with van der Waals surface area (Å²) in [6.45, 7) is 8.65. The predicted octanol–water partition coefficient (Wildman–Crippen LogP) is 2.96. The van der Waals surface area contributed by atoms with Crippen LogP contribution in [0.3, 0.4) is 0 Å². The summed E-state index contributed by atoms with van der Waals surface area (Å²) in [7, 11) is 0. The van der Waals surface area contributed by atoms with Crippen LogP contribution in [0.15, 0.2) is 10.6 Å². The Hall–Kier alpha value is -1.52. The van der Waals surface area contributed by atoms with Crippen LogP contribution >= 0.6 is 0 Å². The lowest BCUT2D eigenvalue weighted by Crippen LogP contribution is -2.40. The molecule has 5 heteroatoms. The third-order valence-electron chi connectivity index (χ3n) is 4.01. The van der Waals surface area contributed by atoms with Gasteiger partial charge in [-0.1, -0.05) is 25.9 Å². The molecule has 2 amide bonds. The van der Waals surface area contributed by atoms with E-state index in [1.165, 1.54) is 6.42 Å². The molecule has 0 radical (unpaired) electrons. The van der Waals surface area contributed by atoms with Gasteiger partial charge in [0.15, 0.2) is 5.76 Å². The van der Waals surface area contributed by atoms with Gasteiger partial charge in [-0.25, -0.2) is 4.79 Å². The molecule has 5 nitrogen and oxygen atoms in total. The smallest absolute Gasteiger partial charge is 0.317 e. The minimum atomic E-state index is -0.00264. The van der Waals surface area contributed by atoms with Gasteiger partial charge < -0.3 is 14.7 Å². The molecular weight excluding hydrogens is 254 g/mol. The lowest BCUT2D eigenvalue weighted by atomic mass is 9.85. The van der Waals surface area contributed by atoms with E-state index >= 15 is 0 Å². The number of nitrogens with one attached hydrogen (secondary N) is 1. The molecule has 0 bridgehead atoms. The van der Waals surface area contributed by atoms with Gasteiger partial charge in [0.2, 0.25) is 0 Å². The van der Waals surface area contributed by atoms with Crippen molar-refractivity contribution in [3.63, 3.8) is 0 Å². The fourth-order valence-corrected chi connectivity index (χ4v) is 2.51. The number of carbonyl (C=O) groups excluding carboxylic acids is 1. The van der Waals surface area contributed by atoms with Crippen LogP contribution in [0.4, 0.5) is 4.79 Å². The molecule has 112 valence electrons. The summed E-state index contributed by atoms with van der Waals surface area (Å²) in [5, 5.41) is 6.83. The van der Waals surface area contributed by atoms with Crippen LogP contribution in [0.1, 0.15) is 51.5 Å². The van der Waals surface area contributed by atoms with E-state index in [1.807, 2.05) is 17.9 Å². The largest absolute Gasteiger partial charge is 0.359 e. The van der Waals surface area contributed by atoms with Crippen molar-refractivity contribution in [2.45, 2.75) is 53.0 Å². The summed E-state index contributed by atoms with van der Waals surface area (Å²) in [4.78, 5) is 14.1. The summed E-state index contributed by atoms with van der Waals surface area (Å²) >= 11 is 0. The van der Waals surface area contributed by atoms with Gasteiger partial charge in [-0.3, -0.25) is 0 Å². The van der Waals surface area contributed by atoms with E-state index in [0.29, 0.717) is 17.7 Å². The molecular formula is C15H25N3O2. The molecule has 1 aromatic rings. The molecule has 2 rings (SSSR count). The predicted molar refractivity (Wildman–Crippen MR) is 77.3 cm³/mol. The second-order valence-corrected chi connectivity index (χ2v) is 6.30. The van der Waals surface area contributed by atoms with Crippen molar-refractivity contribution in [3.05, 3.63) is 17.5 Å². The van der Waals surface area contributed by atoms with E-state index in [0.717, 1.165) is 38.0 Å². The number of nitrogens with zero attached hydrogens (tertiary/aromatic N) is 2. The first kappa shape index (κ1) is 14.9. The van der Waals surface area contributed by atoms with E-state index < -0.39 is 0 Å². The minimum absolute atomic E-state index is 0.00264. The molecule has 0 saturated carbocycles. The Labute approximate surface area is 120 Å². The number of amides is 2. The summed E-state index contributed by atoms with van der Waals surface area (Å²) in [6, 6.07) is 1.89. The first-order chi connectivity index (χ1) is 9.50. The van der Waals surface area contributed by atoms with Gasteiger partial charge in [0, 0.05) is 19.2 Å². The Kier molecular flexibility index (Phi) is 4.68. The number of likely N-dealkylation sites (tertiary alicyclic amines) is 1. The Morgan fingerprint density at radius 2 is 2.25 bits per heavy atom. The Bertz CT molecular complexity index is 454. The Balaban J connectivity index is 1.82. The second-order valence-electron chi connectivity index (χ2n) is 6.30. The van der Waals surface area contributed by atoms with E-state index in [4.69, 9.17) is 4.52 Å². The SMILES string of the molecule is CCc1cc(CNC(=O)N2CCCC(C)(C)CC2)on1. The highest BCUT2D eigenvalue weighted by atomic mass is 16.5. The fraction of sp³-hybridized carbons (Fsp3) is 0.733. The van der Waals surface area contributed by atoms with E-state index in [2.05, 4.69) is 24.3 Å². The molecule has 0 unspecified atom stereocenters. The van der Waals surface area contributed by atoms with Gasteiger partial charge in [-0.2, -0.15) is 0 Å². The monoisotopic (exact) mass is 279 g/mol. The molecule has 20 heavy (non-hydrogen) atoms. The van der Waals surface area contributed by atoms with Crippen molar-refractivity contribution in [2.24, 2.45) is 5.41 Å². The lowest BCUT2D eigenvalue weighted by Gasteiger charge is -2.23. The quantitative estimate of drug-likeness (QED) is 0.925. The normalized spacial score (nSPS) is 18.6. The number of hydrogen-bond acceptors (Lipinski definition) is 3. The summed E-state index contributed by atoms with van der Waals surface area (Å²) < 4.78 is 5.17. The Morgan fingerprint density at radius 1 is 1.45 bits per heavy atom. The molecule has 1 fully saturated rings. The first-order valence-corrected chi connectivity index (χ1v) is 7.47. The highest BCUT2D eigenvalue weighted by Gasteiger charge is 2.25. The molecule has 0 aromatic carbocycles. The molecule has 1 aliphatic heterocycles. The van der Waals surface area contributed by atoms with E-state index in [-0.39, 0.29) is 6.03 Å². The van der Waals surface area contributed by atoms with Crippen LogP contribution in [0.5, 0.6) is 0 Å². The van der Waals surface area contributed by atoms with Crippen LogP contribution in [0.2, 0.25) is 0 Å². The van der Waals surface area contributed by atoms with Crippen molar-refractivity contribution < 1.29 is 9.32 Å². The number of carbonyl (C=O) groups is 1. The average Bonchev–Trinajstić information content (AvgIpc) is 2.80. The zero-order valence-corrected chi connectivity index (χ0v) is 12.7. The fourth-order valence-electron chi connectivity index (χ4n) is 2.51. The first-order valence-electron chi connectivity index (χ1n) is 7.47. The zero-order chi connectivity index (χ0) is 14.6. The van der Waals surface area contributed by atoms with Crippen LogP contribution in [-0.4, -0.2) is 29.2 Å². The maximum atomic E-state index is 12.2.